The molecule has 0 amide bonds. The smallest absolute Gasteiger partial charge is 0.0388 e. The standard InChI is InChI=1S/C14H22N2/c1-3-16-9-8-13(10-15)14(16)12-6-4-11(2)5-7-12/h4-7,13-14H,3,8-10,15H2,1-2H3. The second-order valence-corrected chi connectivity index (χ2v) is 4.77. The Bertz CT molecular complexity index is 319. The minimum absolute atomic E-state index is 0.538. The van der Waals surface area contributed by atoms with E-state index in [2.05, 4.69) is 43.0 Å². The second-order valence-electron chi connectivity index (χ2n) is 4.77. The molecule has 1 aromatic rings. The van der Waals surface area contributed by atoms with Gasteiger partial charge in [-0.05, 0) is 44.5 Å². The molecule has 1 fully saturated rings. The number of rotatable bonds is 3. The van der Waals surface area contributed by atoms with Gasteiger partial charge in [0.1, 0.15) is 0 Å². The molecule has 2 rings (SSSR count). The van der Waals surface area contributed by atoms with Crippen LogP contribution in [0.1, 0.15) is 30.5 Å². The lowest BCUT2D eigenvalue weighted by atomic mass is 9.93. The van der Waals surface area contributed by atoms with E-state index in [1.54, 1.807) is 0 Å². The van der Waals surface area contributed by atoms with Crippen LogP contribution >= 0.6 is 0 Å². The molecule has 0 aliphatic carbocycles. The summed E-state index contributed by atoms with van der Waals surface area (Å²) in [6.07, 6.45) is 1.24. The second kappa shape index (κ2) is 4.98. The van der Waals surface area contributed by atoms with E-state index >= 15 is 0 Å². The molecule has 2 heteroatoms. The van der Waals surface area contributed by atoms with Crippen molar-refractivity contribution < 1.29 is 0 Å². The van der Waals surface area contributed by atoms with Crippen LogP contribution in [-0.4, -0.2) is 24.5 Å². The fourth-order valence-corrected chi connectivity index (χ4v) is 2.77. The average molecular weight is 218 g/mol. The van der Waals surface area contributed by atoms with Crippen LogP contribution in [0.5, 0.6) is 0 Å². The summed E-state index contributed by atoms with van der Waals surface area (Å²) in [4.78, 5) is 2.54. The number of benzene rings is 1. The molecule has 1 aliphatic heterocycles. The van der Waals surface area contributed by atoms with Gasteiger partial charge in [-0.1, -0.05) is 36.8 Å². The van der Waals surface area contributed by atoms with Gasteiger partial charge in [0, 0.05) is 6.04 Å². The van der Waals surface area contributed by atoms with Crippen molar-refractivity contribution in [1.29, 1.82) is 0 Å². The first-order valence-corrected chi connectivity index (χ1v) is 6.27. The summed E-state index contributed by atoms with van der Waals surface area (Å²) in [5.74, 6) is 0.627. The molecule has 1 saturated heterocycles. The molecule has 16 heavy (non-hydrogen) atoms. The predicted octanol–water partition coefficient (Wildman–Crippen LogP) is 2.34. The fourth-order valence-electron chi connectivity index (χ4n) is 2.77. The Morgan fingerprint density at radius 3 is 2.56 bits per heavy atom. The lowest BCUT2D eigenvalue weighted by molar-refractivity contribution is 0.242. The van der Waals surface area contributed by atoms with Crippen molar-refractivity contribution >= 4 is 0 Å². The quantitative estimate of drug-likeness (QED) is 0.843. The van der Waals surface area contributed by atoms with Gasteiger partial charge in [0.2, 0.25) is 0 Å². The molecule has 0 bridgehead atoms. The number of hydrogen-bond donors (Lipinski definition) is 1. The minimum atomic E-state index is 0.538. The lowest BCUT2D eigenvalue weighted by Gasteiger charge is -2.27. The average Bonchev–Trinajstić information content (AvgIpc) is 2.73. The number of nitrogens with two attached hydrogens (primary N) is 1. The van der Waals surface area contributed by atoms with Crippen LogP contribution < -0.4 is 5.73 Å². The molecular formula is C14H22N2. The van der Waals surface area contributed by atoms with Crippen LogP contribution in [0.2, 0.25) is 0 Å². The SMILES string of the molecule is CCN1CCC(CN)C1c1ccc(C)cc1. The highest BCUT2D eigenvalue weighted by molar-refractivity contribution is 5.25. The van der Waals surface area contributed by atoms with E-state index in [1.165, 1.54) is 24.1 Å². The molecule has 1 aliphatic rings. The first kappa shape index (κ1) is 11.6. The van der Waals surface area contributed by atoms with Crippen molar-refractivity contribution in [2.75, 3.05) is 19.6 Å². The van der Waals surface area contributed by atoms with Crippen molar-refractivity contribution in [3.05, 3.63) is 35.4 Å². The number of nitrogens with zero attached hydrogens (tertiary/aromatic N) is 1. The van der Waals surface area contributed by atoms with Crippen LogP contribution in [0.25, 0.3) is 0 Å². The van der Waals surface area contributed by atoms with Crippen molar-refractivity contribution in [2.45, 2.75) is 26.3 Å². The molecule has 1 heterocycles. The van der Waals surface area contributed by atoms with Crippen molar-refractivity contribution in [3.63, 3.8) is 0 Å². The molecule has 0 radical (unpaired) electrons. The van der Waals surface area contributed by atoms with Gasteiger partial charge in [-0.2, -0.15) is 0 Å². The van der Waals surface area contributed by atoms with E-state index in [0.29, 0.717) is 12.0 Å². The number of aryl methyl sites for hydroxylation is 1. The van der Waals surface area contributed by atoms with Gasteiger partial charge in [-0.3, -0.25) is 4.90 Å². The van der Waals surface area contributed by atoms with Crippen LogP contribution in [0.3, 0.4) is 0 Å². The minimum Gasteiger partial charge on any atom is -0.330 e. The van der Waals surface area contributed by atoms with E-state index in [9.17, 15) is 0 Å². The largest absolute Gasteiger partial charge is 0.330 e. The molecule has 0 spiro atoms. The van der Waals surface area contributed by atoms with Crippen LogP contribution in [0, 0.1) is 12.8 Å². The van der Waals surface area contributed by atoms with Crippen LogP contribution in [0.15, 0.2) is 24.3 Å². The number of likely N-dealkylation sites (tertiary alicyclic amines) is 1. The highest BCUT2D eigenvalue weighted by atomic mass is 15.2. The zero-order valence-corrected chi connectivity index (χ0v) is 10.3. The van der Waals surface area contributed by atoms with E-state index in [4.69, 9.17) is 5.73 Å². The van der Waals surface area contributed by atoms with E-state index in [1.807, 2.05) is 0 Å². The Morgan fingerprint density at radius 1 is 1.31 bits per heavy atom. The summed E-state index contributed by atoms with van der Waals surface area (Å²) in [7, 11) is 0. The summed E-state index contributed by atoms with van der Waals surface area (Å²) >= 11 is 0. The predicted molar refractivity (Wildman–Crippen MR) is 68.3 cm³/mol. The monoisotopic (exact) mass is 218 g/mol. The zero-order chi connectivity index (χ0) is 11.5. The van der Waals surface area contributed by atoms with Crippen LogP contribution in [-0.2, 0) is 0 Å². The molecule has 88 valence electrons. The van der Waals surface area contributed by atoms with Crippen LogP contribution in [0.4, 0.5) is 0 Å². The normalized spacial score (nSPS) is 26.2. The third-order valence-corrected chi connectivity index (χ3v) is 3.75. The Balaban J connectivity index is 2.24. The summed E-state index contributed by atoms with van der Waals surface area (Å²) in [6.45, 7) is 7.48. The van der Waals surface area contributed by atoms with Gasteiger partial charge in [0.05, 0.1) is 0 Å². The molecule has 2 unspecified atom stereocenters. The van der Waals surface area contributed by atoms with Gasteiger partial charge in [0.15, 0.2) is 0 Å². The summed E-state index contributed by atoms with van der Waals surface area (Å²) < 4.78 is 0. The molecule has 2 nitrogen and oxygen atoms in total. The Morgan fingerprint density at radius 2 is 2.00 bits per heavy atom. The van der Waals surface area contributed by atoms with E-state index < -0.39 is 0 Å². The molecule has 0 saturated carbocycles. The van der Waals surface area contributed by atoms with E-state index in [-0.39, 0.29) is 0 Å². The van der Waals surface area contributed by atoms with Gasteiger partial charge in [-0.15, -0.1) is 0 Å². The molecular weight excluding hydrogens is 196 g/mol. The van der Waals surface area contributed by atoms with Crippen molar-refractivity contribution in [1.82, 2.24) is 4.90 Å². The van der Waals surface area contributed by atoms with Gasteiger partial charge < -0.3 is 5.73 Å². The maximum Gasteiger partial charge on any atom is 0.0388 e. The Labute approximate surface area is 98.4 Å². The van der Waals surface area contributed by atoms with Crippen molar-refractivity contribution in [3.8, 4) is 0 Å². The first-order chi connectivity index (χ1) is 7.76. The highest BCUT2D eigenvalue weighted by Crippen LogP contribution is 2.36. The summed E-state index contributed by atoms with van der Waals surface area (Å²) in [5, 5.41) is 0. The maximum atomic E-state index is 5.88. The third kappa shape index (κ3) is 2.13. The Kier molecular flexibility index (Phi) is 3.62. The first-order valence-electron chi connectivity index (χ1n) is 6.27. The molecule has 1 aromatic carbocycles. The molecule has 0 aromatic heterocycles. The zero-order valence-electron chi connectivity index (χ0n) is 10.3. The van der Waals surface area contributed by atoms with Gasteiger partial charge in [-0.25, -0.2) is 0 Å². The third-order valence-electron chi connectivity index (χ3n) is 3.75. The summed E-state index contributed by atoms with van der Waals surface area (Å²) in [6, 6.07) is 9.47. The van der Waals surface area contributed by atoms with Gasteiger partial charge >= 0.3 is 0 Å². The van der Waals surface area contributed by atoms with Gasteiger partial charge in [0.25, 0.3) is 0 Å². The summed E-state index contributed by atoms with van der Waals surface area (Å²) in [5.41, 5.74) is 8.64. The molecule has 2 atom stereocenters. The highest BCUT2D eigenvalue weighted by Gasteiger charge is 2.32. The van der Waals surface area contributed by atoms with E-state index in [0.717, 1.165) is 13.1 Å². The fraction of sp³-hybridized carbons (Fsp3) is 0.571. The topological polar surface area (TPSA) is 29.3 Å². The van der Waals surface area contributed by atoms with Crippen molar-refractivity contribution in [2.24, 2.45) is 11.7 Å². The Hall–Kier alpha value is -0.860. The maximum absolute atomic E-state index is 5.88. The molecule has 2 N–H and O–H groups in total. The number of hydrogen-bond acceptors (Lipinski definition) is 2. The lowest BCUT2D eigenvalue weighted by Crippen LogP contribution is -2.28.